The number of rotatable bonds is 10. The Balaban J connectivity index is 1.40. The van der Waals surface area contributed by atoms with Gasteiger partial charge in [0, 0.05) is 5.69 Å². The fourth-order valence-electron chi connectivity index (χ4n) is 3.88. The summed E-state index contributed by atoms with van der Waals surface area (Å²) in [6.07, 6.45) is 1.78. The van der Waals surface area contributed by atoms with Gasteiger partial charge in [0.15, 0.2) is 18.1 Å². The van der Waals surface area contributed by atoms with Gasteiger partial charge >= 0.3 is 0 Å². The van der Waals surface area contributed by atoms with E-state index in [2.05, 4.69) is 5.32 Å². The molecule has 1 aliphatic rings. The van der Waals surface area contributed by atoms with Crippen LogP contribution in [0.5, 0.6) is 17.2 Å². The lowest BCUT2D eigenvalue weighted by Crippen LogP contribution is -2.30. The molecular weight excluding hydrogens is 520 g/mol. The first-order valence-corrected chi connectivity index (χ1v) is 13.3. The number of methoxy groups -OCH3 is 1. The maximum atomic E-state index is 13.2. The van der Waals surface area contributed by atoms with Crippen molar-refractivity contribution in [2.75, 3.05) is 25.6 Å². The van der Waals surface area contributed by atoms with Crippen molar-refractivity contribution in [3.63, 3.8) is 0 Å². The fraction of sp³-hybridized carbons (Fsp3) is 0.207. The van der Waals surface area contributed by atoms with E-state index in [1.165, 1.54) is 18.9 Å². The Labute approximate surface area is 231 Å². The molecule has 1 saturated heterocycles. The van der Waals surface area contributed by atoms with Gasteiger partial charge in [-0.1, -0.05) is 60.4 Å². The average molecular weight is 549 g/mol. The van der Waals surface area contributed by atoms with Gasteiger partial charge in [-0.3, -0.25) is 14.5 Å². The van der Waals surface area contributed by atoms with Crippen LogP contribution < -0.4 is 19.5 Å². The Bertz CT molecular complexity index is 1340. The minimum Gasteiger partial charge on any atom is -0.494 e. The van der Waals surface area contributed by atoms with E-state index in [0.29, 0.717) is 33.0 Å². The van der Waals surface area contributed by atoms with Crippen molar-refractivity contribution in [3.05, 3.63) is 88.8 Å². The topological polar surface area (TPSA) is 77.1 Å². The number of ether oxygens (including phenoxy) is 3. The molecule has 2 amide bonds. The number of carbonyl (C=O) groups excluding carboxylic acids is 2. The first kappa shape index (κ1) is 27.2. The largest absolute Gasteiger partial charge is 0.494 e. The molecule has 3 aromatic rings. The molecule has 196 valence electrons. The Morgan fingerprint density at radius 3 is 2.47 bits per heavy atom. The average Bonchev–Trinajstić information content (AvgIpc) is 3.21. The SMILES string of the molecule is CCOc1ccc(NC(=O)COc2ccc(/C=C3\SC(=S)N([C@@H](C)c4ccccc4)C3=O)cc2OC)cc1. The van der Waals surface area contributed by atoms with E-state index in [0.717, 1.165) is 16.9 Å². The minimum absolute atomic E-state index is 0.137. The Morgan fingerprint density at radius 2 is 1.79 bits per heavy atom. The molecule has 9 heteroatoms. The number of anilines is 1. The lowest BCUT2D eigenvalue weighted by Gasteiger charge is -2.23. The highest BCUT2D eigenvalue weighted by Crippen LogP contribution is 2.39. The van der Waals surface area contributed by atoms with Crippen LogP contribution in [0.15, 0.2) is 77.7 Å². The van der Waals surface area contributed by atoms with E-state index in [9.17, 15) is 9.59 Å². The van der Waals surface area contributed by atoms with E-state index in [-0.39, 0.29) is 24.5 Å². The van der Waals surface area contributed by atoms with Crippen LogP contribution in [0.4, 0.5) is 5.69 Å². The summed E-state index contributed by atoms with van der Waals surface area (Å²) in [6, 6.07) is 22.0. The highest BCUT2D eigenvalue weighted by molar-refractivity contribution is 8.26. The molecule has 0 spiro atoms. The van der Waals surface area contributed by atoms with Gasteiger partial charge in [-0.25, -0.2) is 0 Å². The minimum atomic E-state index is -0.309. The summed E-state index contributed by atoms with van der Waals surface area (Å²) in [5.74, 6) is 1.15. The third kappa shape index (κ3) is 6.54. The van der Waals surface area contributed by atoms with Gasteiger partial charge in [-0.05, 0) is 67.4 Å². The summed E-state index contributed by atoms with van der Waals surface area (Å²) in [4.78, 5) is 27.7. The van der Waals surface area contributed by atoms with Gasteiger partial charge in [-0.15, -0.1) is 0 Å². The van der Waals surface area contributed by atoms with Gasteiger partial charge in [-0.2, -0.15) is 0 Å². The molecular formula is C29H28N2O5S2. The summed E-state index contributed by atoms with van der Waals surface area (Å²) in [5, 5.41) is 2.79. The smallest absolute Gasteiger partial charge is 0.266 e. The molecule has 7 nitrogen and oxygen atoms in total. The van der Waals surface area contributed by atoms with Crippen LogP contribution in [-0.4, -0.2) is 41.4 Å². The van der Waals surface area contributed by atoms with Crippen LogP contribution in [0.3, 0.4) is 0 Å². The molecule has 0 unspecified atom stereocenters. The Kier molecular flexibility index (Phi) is 9.04. The molecule has 0 radical (unpaired) electrons. The molecule has 1 aliphatic heterocycles. The predicted octanol–water partition coefficient (Wildman–Crippen LogP) is 6.07. The van der Waals surface area contributed by atoms with Crippen LogP contribution in [0, 0.1) is 0 Å². The molecule has 0 saturated carbocycles. The lowest BCUT2D eigenvalue weighted by atomic mass is 10.1. The van der Waals surface area contributed by atoms with Gasteiger partial charge in [0.1, 0.15) is 10.1 Å². The molecule has 1 fully saturated rings. The number of carbonyl (C=O) groups is 2. The Morgan fingerprint density at radius 1 is 1.05 bits per heavy atom. The second-order valence-electron chi connectivity index (χ2n) is 8.34. The molecule has 1 N–H and O–H groups in total. The quantitative estimate of drug-likeness (QED) is 0.243. The standard InChI is InChI=1S/C29H28N2O5S2/c1-4-35-23-13-11-22(12-14-23)30-27(32)18-36-24-15-10-20(16-25(24)34-3)17-26-28(33)31(29(37)38-26)19(2)21-8-6-5-7-9-21/h5-17,19H,4,18H2,1-3H3,(H,30,32)/b26-17-/t19-/m0/s1. The van der Waals surface area contributed by atoms with Crippen molar-refractivity contribution < 1.29 is 23.8 Å². The van der Waals surface area contributed by atoms with E-state index in [1.807, 2.05) is 44.2 Å². The summed E-state index contributed by atoms with van der Waals surface area (Å²) in [7, 11) is 1.52. The van der Waals surface area contributed by atoms with Crippen LogP contribution in [-0.2, 0) is 9.59 Å². The molecule has 0 aromatic heterocycles. The Hall–Kier alpha value is -3.82. The molecule has 4 rings (SSSR count). The zero-order chi connectivity index (χ0) is 27.1. The summed E-state index contributed by atoms with van der Waals surface area (Å²) in [6.45, 7) is 4.25. The predicted molar refractivity (Wildman–Crippen MR) is 155 cm³/mol. The van der Waals surface area contributed by atoms with Gasteiger partial charge in [0.25, 0.3) is 11.8 Å². The highest BCUT2D eigenvalue weighted by Gasteiger charge is 2.35. The molecule has 1 atom stereocenters. The van der Waals surface area contributed by atoms with E-state index >= 15 is 0 Å². The normalized spacial score (nSPS) is 14.9. The first-order valence-electron chi connectivity index (χ1n) is 12.0. The second kappa shape index (κ2) is 12.6. The molecule has 0 aliphatic carbocycles. The molecule has 3 aromatic carbocycles. The number of nitrogens with zero attached hydrogens (tertiary/aromatic N) is 1. The van der Waals surface area contributed by atoms with Crippen molar-refractivity contribution in [1.29, 1.82) is 0 Å². The van der Waals surface area contributed by atoms with Crippen LogP contribution in [0.25, 0.3) is 6.08 Å². The maximum Gasteiger partial charge on any atom is 0.266 e. The second-order valence-corrected chi connectivity index (χ2v) is 10.0. The van der Waals surface area contributed by atoms with Crippen LogP contribution in [0.1, 0.15) is 31.0 Å². The number of hydrogen-bond acceptors (Lipinski definition) is 7. The number of nitrogens with one attached hydrogen (secondary N) is 1. The lowest BCUT2D eigenvalue weighted by molar-refractivity contribution is -0.123. The molecule has 0 bridgehead atoms. The third-order valence-corrected chi connectivity index (χ3v) is 7.12. The van der Waals surface area contributed by atoms with Crippen molar-refractivity contribution in [3.8, 4) is 17.2 Å². The number of hydrogen-bond donors (Lipinski definition) is 1. The molecule has 38 heavy (non-hydrogen) atoms. The van der Waals surface area contributed by atoms with Crippen molar-refractivity contribution in [2.24, 2.45) is 0 Å². The zero-order valence-electron chi connectivity index (χ0n) is 21.3. The van der Waals surface area contributed by atoms with Gasteiger partial charge in [0.2, 0.25) is 0 Å². The summed E-state index contributed by atoms with van der Waals surface area (Å²) >= 11 is 6.79. The van der Waals surface area contributed by atoms with E-state index in [4.69, 9.17) is 26.4 Å². The first-order chi connectivity index (χ1) is 18.4. The number of benzene rings is 3. The fourth-order valence-corrected chi connectivity index (χ4v) is 5.30. The molecule has 1 heterocycles. The van der Waals surface area contributed by atoms with Crippen molar-refractivity contribution in [2.45, 2.75) is 19.9 Å². The van der Waals surface area contributed by atoms with Crippen molar-refractivity contribution in [1.82, 2.24) is 4.90 Å². The summed E-state index contributed by atoms with van der Waals surface area (Å²) in [5.41, 5.74) is 2.41. The summed E-state index contributed by atoms with van der Waals surface area (Å²) < 4.78 is 17.1. The maximum absolute atomic E-state index is 13.2. The third-order valence-electron chi connectivity index (χ3n) is 5.79. The number of amides is 2. The van der Waals surface area contributed by atoms with E-state index < -0.39 is 0 Å². The van der Waals surface area contributed by atoms with Crippen LogP contribution in [0.2, 0.25) is 0 Å². The highest BCUT2D eigenvalue weighted by atomic mass is 32.2. The van der Waals surface area contributed by atoms with Crippen LogP contribution >= 0.6 is 24.0 Å². The monoisotopic (exact) mass is 548 g/mol. The van der Waals surface area contributed by atoms with E-state index in [1.54, 1.807) is 53.4 Å². The zero-order valence-corrected chi connectivity index (χ0v) is 22.9. The number of thioether (sulfide) groups is 1. The number of thiocarbonyl (C=S) groups is 1. The van der Waals surface area contributed by atoms with Gasteiger partial charge < -0.3 is 19.5 Å². The van der Waals surface area contributed by atoms with Gasteiger partial charge in [0.05, 0.1) is 24.7 Å². The van der Waals surface area contributed by atoms with Crippen molar-refractivity contribution >= 4 is 51.9 Å².